The average molecular weight is 435 g/mol. The molecule has 0 bridgehead atoms. The molecule has 2 aliphatic rings. The first-order valence-corrected chi connectivity index (χ1v) is 11.6. The summed E-state index contributed by atoms with van der Waals surface area (Å²) in [5.74, 6) is 0. The number of allylic oxidation sites excluding steroid dienone is 2. The SMILES string of the molecule is CC1(C)C(=CC=c2sc(=C(C#N)C#N)nc2-c2ccccc2)N2CCCc3cccc1c32. The molecule has 0 radical (unpaired) electrons. The number of hydrogen-bond donors (Lipinski definition) is 0. The Hall–Kier alpha value is -3.67. The molecule has 2 aromatic carbocycles. The predicted molar refractivity (Wildman–Crippen MR) is 129 cm³/mol. The molecule has 1 aromatic heterocycles. The van der Waals surface area contributed by atoms with Gasteiger partial charge in [-0.1, -0.05) is 62.4 Å². The van der Waals surface area contributed by atoms with E-state index in [0.717, 1.165) is 35.2 Å². The van der Waals surface area contributed by atoms with Crippen molar-refractivity contribution < 1.29 is 0 Å². The quantitative estimate of drug-likeness (QED) is 0.599. The van der Waals surface area contributed by atoms with E-state index in [4.69, 9.17) is 0 Å². The van der Waals surface area contributed by atoms with E-state index in [0.29, 0.717) is 4.66 Å². The summed E-state index contributed by atoms with van der Waals surface area (Å²) in [5, 5.41) is 18.7. The molecule has 0 unspecified atom stereocenters. The summed E-state index contributed by atoms with van der Waals surface area (Å²) >= 11 is 1.39. The first-order valence-electron chi connectivity index (χ1n) is 10.7. The predicted octanol–water partition coefficient (Wildman–Crippen LogP) is 4.42. The van der Waals surface area contributed by atoms with Gasteiger partial charge in [0.25, 0.3) is 0 Å². The van der Waals surface area contributed by atoms with Gasteiger partial charge in [0.2, 0.25) is 0 Å². The van der Waals surface area contributed by atoms with Crippen molar-refractivity contribution in [2.45, 2.75) is 32.1 Å². The highest BCUT2D eigenvalue weighted by Gasteiger charge is 2.41. The fourth-order valence-electron chi connectivity index (χ4n) is 4.80. The lowest BCUT2D eigenvalue weighted by atomic mass is 9.83. The van der Waals surface area contributed by atoms with Gasteiger partial charge < -0.3 is 4.90 Å². The third-order valence-corrected chi connectivity index (χ3v) is 7.39. The normalized spacial score (nSPS) is 17.7. The number of para-hydroxylation sites is 1. The molecule has 3 heterocycles. The number of hydrogen-bond acceptors (Lipinski definition) is 5. The number of anilines is 1. The molecule has 4 nitrogen and oxygen atoms in total. The van der Waals surface area contributed by atoms with Crippen LogP contribution in [0.1, 0.15) is 31.4 Å². The van der Waals surface area contributed by atoms with Crippen LogP contribution in [0.5, 0.6) is 0 Å². The van der Waals surface area contributed by atoms with Crippen molar-refractivity contribution in [3.8, 4) is 23.4 Å². The van der Waals surface area contributed by atoms with E-state index >= 15 is 0 Å². The van der Waals surface area contributed by atoms with E-state index in [1.807, 2.05) is 42.5 Å². The fraction of sp³-hybridized carbons (Fsp3) is 0.222. The summed E-state index contributed by atoms with van der Waals surface area (Å²) in [6.45, 7) is 5.59. The average Bonchev–Trinajstić information content (AvgIpc) is 3.32. The van der Waals surface area contributed by atoms with Crippen LogP contribution in [0.2, 0.25) is 0 Å². The van der Waals surface area contributed by atoms with E-state index in [-0.39, 0.29) is 11.0 Å². The molecule has 5 heteroatoms. The summed E-state index contributed by atoms with van der Waals surface area (Å²) < 4.78 is 1.42. The Balaban J connectivity index is 1.72. The fourth-order valence-corrected chi connectivity index (χ4v) is 5.73. The Bertz CT molecular complexity index is 1430. The van der Waals surface area contributed by atoms with Crippen LogP contribution in [0.3, 0.4) is 0 Å². The van der Waals surface area contributed by atoms with Gasteiger partial charge >= 0.3 is 0 Å². The lowest BCUT2D eigenvalue weighted by Crippen LogP contribution is -2.29. The lowest BCUT2D eigenvalue weighted by molar-refractivity contribution is 0.626. The minimum absolute atomic E-state index is 0.0498. The maximum atomic E-state index is 9.35. The number of rotatable bonds is 2. The smallest absolute Gasteiger partial charge is 0.165 e. The molecule has 0 N–H and O–H groups in total. The summed E-state index contributed by atoms with van der Waals surface area (Å²) in [5.41, 5.74) is 7.20. The third-order valence-electron chi connectivity index (χ3n) is 6.35. The van der Waals surface area contributed by atoms with Crippen LogP contribution in [-0.4, -0.2) is 11.5 Å². The minimum atomic E-state index is -0.0940. The van der Waals surface area contributed by atoms with Gasteiger partial charge in [0.1, 0.15) is 16.8 Å². The van der Waals surface area contributed by atoms with Crippen LogP contribution >= 0.6 is 11.3 Å². The van der Waals surface area contributed by atoms with E-state index in [1.165, 1.54) is 33.8 Å². The molecular weight excluding hydrogens is 412 g/mol. The lowest BCUT2D eigenvalue weighted by Gasteiger charge is -2.30. The Labute approximate surface area is 191 Å². The summed E-state index contributed by atoms with van der Waals surface area (Å²) in [7, 11) is 0. The molecule has 3 aromatic rings. The van der Waals surface area contributed by atoms with E-state index in [2.05, 4.69) is 54.1 Å². The van der Waals surface area contributed by atoms with E-state index in [9.17, 15) is 10.5 Å². The van der Waals surface area contributed by atoms with E-state index in [1.54, 1.807) is 0 Å². The Kier molecular flexibility index (Phi) is 4.93. The van der Waals surface area contributed by atoms with Crippen LogP contribution < -0.4 is 14.1 Å². The van der Waals surface area contributed by atoms with Gasteiger partial charge in [-0.15, -0.1) is 11.3 Å². The number of benzene rings is 2. The van der Waals surface area contributed by atoms with Crippen molar-refractivity contribution in [1.29, 1.82) is 10.5 Å². The van der Waals surface area contributed by atoms with Gasteiger partial charge in [-0.05, 0) is 36.1 Å². The van der Waals surface area contributed by atoms with Crippen LogP contribution in [0.4, 0.5) is 5.69 Å². The molecule has 0 saturated carbocycles. The monoisotopic (exact) mass is 434 g/mol. The van der Waals surface area contributed by atoms with Gasteiger partial charge in [-0.25, -0.2) is 4.98 Å². The third kappa shape index (κ3) is 3.14. The van der Waals surface area contributed by atoms with Gasteiger partial charge in [0.05, 0.1) is 10.2 Å². The molecule has 5 rings (SSSR count). The van der Waals surface area contributed by atoms with Crippen molar-refractivity contribution in [3.05, 3.63) is 80.6 Å². The number of nitriles is 2. The van der Waals surface area contributed by atoms with Crippen molar-refractivity contribution in [2.24, 2.45) is 0 Å². The minimum Gasteiger partial charge on any atom is -0.344 e. The van der Waals surface area contributed by atoms with Crippen LogP contribution in [0, 0.1) is 22.7 Å². The van der Waals surface area contributed by atoms with Crippen molar-refractivity contribution in [2.75, 3.05) is 11.4 Å². The molecule has 0 aliphatic carbocycles. The molecule has 0 amide bonds. The highest BCUT2D eigenvalue weighted by atomic mass is 32.1. The maximum absolute atomic E-state index is 9.35. The summed E-state index contributed by atoms with van der Waals surface area (Å²) in [6.07, 6.45) is 6.58. The van der Waals surface area contributed by atoms with Gasteiger partial charge in [0, 0.05) is 28.9 Å². The zero-order valence-electron chi connectivity index (χ0n) is 18.1. The van der Waals surface area contributed by atoms with Crippen LogP contribution in [0.25, 0.3) is 22.9 Å². The highest BCUT2D eigenvalue weighted by molar-refractivity contribution is 7.08. The number of thiazole rings is 1. The van der Waals surface area contributed by atoms with Crippen LogP contribution in [-0.2, 0) is 11.8 Å². The molecule has 32 heavy (non-hydrogen) atoms. The van der Waals surface area contributed by atoms with E-state index < -0.39 is 0 Å². The molecule has 0 saturated heterocycles. The molecule has 0 fully saturated rings. The molecule has 0 spiro atoms. The molecule has 156 valence electrons. The standard InChI is InChI=1S/C27H22N4S/c1-27(2)21-12-6-10-19-11-7-15-31(25(19)21)23(27)14-13-22-24(18-8-4-3-5-9-18)30-26(32-22)20(16-28)17-29/h3-6,8-10,12-14H,7,11,15H2,1-2H3. The Morgan fingerprint density at radius 2 is 1.84 bits per heavy atom. The maximum Gasteiger partial charge on any atom is 0.165 e. The number of nitrogens with zero attached hydrogens (tertiary/aromatic N) is 4. The van der Waals surface area contributed by atoms with Gasteiger partial charge in [-0.3, -0.25) is 0 Å². The Morgan fingerprint density at radius 1 is 1.06 bits per heavy atom. The highest BCUT2D eigenvalue weighted by Crippen LogP contribution is 2.50. The van der Waals surface area contributed by atoms with Crippen molar-refractivity contribution in [1.82, 2.24) is 4.98 Å². The van der Waals surface area contributed by atoms with Gasteiger partial charge in [0.15, 0.2) is 5.57 Å². The second-order valence-electron chi connectivity index (χ2n) is 8.61. The molecule has 0 atom stereocenters. The topological polar surface area (TPSA) is 63.7 Å². The van der Waals surface area contributed by atoms with Gasteiger partial charge in [-0.2, -0.15) is 10.5 Å². The van der Waals surface area contributed by atoms with Crippen molar-refractivity contribution in [3.63, 3.8) is 0 Å². The van der Waals surface area contributed by atoms with Crippen molar-refractivity contribution >= 4 is 28.7 Å². The first kappa shape index (κ1) is 20.2. The van der Waals surface area contributed by atoms with Crippen LogP contribution in [0.15, 0.2) is 60.3 Å². The first-order chi connectivity index (χ1) is 15.5. The number of aromatic nitrogens is 1. The number of aryl methyl sites for hydroxylation is 1. The Morgan fingerprint density at radius 3 is 2.59 bits per heavy atom. The second kappa shape index (κ2) is 7.79. The molecule has 2 aliphatic heterocycles. The molecular formula is C27H22N4S. The summed E-state index contributed by atoms with van der Waals surface area (Å²) in [4.78, 5) is 7.14. The zero-order valence-corrected chi connectivity index (χ0v) is 18.9. The summed E-state index contributed by atoms with van der Waals surface area (Å²) in [6, 6.07) is 20.6. The zero-order chi connectivity index (χ0) is 22.3. The largest absolute Gasteiger partial charge is 0.344 e. The second-order valence-corrected chi connectivity index (χ2v) is 9.64.